The molecular formula is C25H27NO3. The summed E-state index contributed by atoms with van der Waals surface area (Å²) in [4.78, 5) is 12.4. The normalized spacial score (nSPS) is 25.0. The largest absolute Gasteiger partial charge is 0.508 e. The van der Waals surface area contributed by atoms with Crippen LogP contribution in [-0.4, -0.2) is 16.6 Å². The summed E-state index contributed by atoms with van der Waals surface area (Å²) in [5.41, 5.74) is 4.35. The molecular weight excluding hydrogens is 362 g/mol. The second-order valence-electron chi connectivity index (χ2n) is 8.43. The Morgan fingerprint density at radius 1 is 1.21 bits per heavy atom. The van der Waals surface area contributed by atoms with Crippen LogP contribution in [0.1, 0.15) is 48.9 Å². The first-order valence-electron chi connectivity index (χ1n) is 9.93. The van der Waals surface area contributed by atoms with E-state index in [1.54, 1.807) is 18.2 Å². The minimum atomic E-state index is -0.951. The van der Waals surface area contributed by atoms with Crippen molar-refractivity contribution in [1.82, 2.24) is 5.32 Å². The van der Waals surface area contributed by atoms with Gasteiger partial charge in [-0.3, -0.25) is 4.79 Å². The Morgan fingerprint density at radius 3 is 2.66 bits per heavy atom. The van der Waals surface area contributed by atoms with E-state index in [2.05, 4.69) is 43.6 Å². The predicted molar refractivity (Wildman–Crippen MR) is 115 cm³/mol. The van der Waals surface area contributed by atoms with Gasteiger partial charge in [0, 0.05) is 18.9 Å². The molecule has 4 heteroatoms. The van der Waals surface area contributed by atoms with Crippen LogP contribution in [0.2, 0.25) is 0 Å². The summed E-state index contributed by atoms with van der Waals surface area (Å²) < 4.78 is 6.63. The Hall–Kier alpha value is -3.01. The number of hydrogen-bond acceptors (Lipinski definition) is 3. The molecule has 150 valence electrons. The lowest BCUT2D eigenvalue weighted by molar-refractivity contribution is -0.123. The van der Waals surface area contributed by atoms with Crippen molar-refractivity contribution in [2.45, 2.75) is 51.2 Å². The Morgan fingerprint density at radius 2 is 1.97 bits per heavy atom. The standard InChI is InChI=1S/C25H27NO3/c1-15(2)25(26-18(5)27)22-13-20(28)8-9-23(22)29-24(25)11-10-19-7-6-16(3)12-21(19)17(4)14-24/h6-9,12-13,28H,1,4,10-11,14H2,2-3,5H3,(H,26,27). The van der Waals surface area contributed by atoms with Crippen LogP contribution in [0.4, 0.5) is 0 Å². The third-order valence-electron chi connectivity index (χ3n) is 6.30. The summed E-state index contributed by atoms with van der Waals surface area (Å²) in [7, 11) is 0. The average molecular weight is 389 g/mol. The van der Waals surface area contributed by atoms with Gasteiger partial charge in [-0.15, -0.1) is 0 Å². The molecule has 2 atom stereocenters. The third kappa shape index (κ3) is 2.78. The highest BCUT2D eigenvalue weighted by Crippen LogP contribution is 2.57. The van der Waals surface area contributed by atoms with Gasteiger partial charge in [0.1, 0.15) is 22.6 Å². The number of phenols is 1. The topological polar surface area (TPSA) is 58.6 Å². The zero-order chi connectivity index (χ0) is 21.0. The molecule has 1 heterocycles. The number of aryl methyl sites for hydroxylation is 2. The van der Waals surface area contributed by atoms with Gasteiger partial charge in [0.15, 0.2) is 0 Å². The fraction of sp³-hybridized carbons (Fsp3) is 0.320. The number of phenolic OH excluding ortho intramolecular Hbond substituents is 1. The van der Waals surface area contributed by atoms with Gasteiger partial charge in [-0.25, -0.2) is 0 Å². The second-order valence-corrected chi connectivity index (χ2v) is 8.43. The maximum absolute atomic E-state index is 12.4. The maximum atomic E-state index is 12.4. The monoisotopic (exact) mass is 389 g/mol. The second kappa shape index (κ2) is 6.51. The lowest BCUT2D eigenvalue weighted by Crippen LogP contribution is -2.61. The molecule has 0 bridgehead atoms. The van der Waals surface area contributed by atoms with Crippen LogP contribution in [0, 0.1) is 6.92 Å². The molecule has 0 radical (unpaired) electrons. The molecule has 2 aliphatic rings. The number of fused-ring (bicyclic) bond motifs is 2. The lowest BCUT2D eigenvalue weighted by Gasteiger charge is -2.45. The number of ether oxygens (including phenoxy) is 1. The van der Waals surface area contributed by atoms with Gasteiger partial charge in [-0.2, -0.15) is 0 Å². The smallest absolute Gasteiger partial charge is 0.217 e. The van der Waals surface area contributed by atoms with Crippen LogP contribution in [0.5, 0.6) is 11.5 Å². The number of rotatable bonds is 2. The Kier molecular flexibility index (Phi) is 4.34. The zero-order valence-electron chi connectivity index (χ0n) is 17.3. The number of amides is 1. The lowest BCUT2D eigenvalue weighted by atomic mass is 9.67. The van der Waals surface area contributed by atoms with E-state index in [4.69, 9.17) is 4.74 Å². The molecule has 1 spiro atoms. The number of aromatic hydroxyl groups is 1. The van der Waals surface area contributed by atoms with Crippen molar-refractivity contribution in [3.63, 3.8) is 0 Å². The van der Waals surface area contributed by atoms with Gasteiger partial charge >= 0.3 is 0 Å². The van der Waals surface area contributed by atoms with Crippen molar-refractivity contribution >= 4 is 11.5 Å². The van der Waals surface area contributed by atoms with Crippen molar-refractivity contribution < 1.29 is 14.6 Å². The highest BCUT2D eigenvalue weighted by Gasteiger charge is 2.61. The van der Waals surface area contributed by atoms with E-state index >= 15 is 0 Å². The molecule has 4 nitrogen and oxygen atoms in total. The first kappa shape index (κ1) is 19.3. The Bertz CT molecular complexity index is 1050. The van der Waals surface area contributed by atoms with Gasteiger partial charge in [-0.1, -0.05) is 36.9 Å². The molecule has 1 amide bonds. The average Bonchev–Trinajstić information content (AvgIpc) is 2.81. The van der Waals surface area contributed by atoms with Crippen molar-refractivity contribution in [2.24, 2.45) is 0 Å². The quantitative estimate of drug-likeness (QED) is 0.726. The molecule has 1 aliphatic carbocycles. The molecule has 0 saturated heterocycles. The summed E-state index contributed by atoms with van der Waals surface area (Å²) in [5.74, 6) is 0.622. The highest BCUT2D eigenvalue weighted by atomic mass is 16.5. The van der Waals surface area contributed by atoms with Crippen molar-refractivity contribution in [3.05, 3.63) is 77.4 Å². The maximum Gasteiger partial charge on any atom is 0.217 e. The van der Waals surface area contributed by atoms with Crippen molar-refractivity contribution in [2.75, 3.05) is 0 Å². The van der Waals surface area contributed by atoms with Crippen LogP contribution in [0.3, 0.4) is 0 Å². The van der Waals surface area contributed by atoms with E-state index in [1.165, 1.54) is 18.1 Å². The van der Waals surface area contributed by atoms with Crippen LogP contribution >= 0.6 is 0 Å². The summed E-state index contributed by atoms with van der Waals surface area (Å²) in [5, 5.41) is 13.4. The minimum Gasteiger partial charge on any atom is -0.508 e. The molecule has 0 saturated carbocycles. The molecule has 0 fully saturated rings. The van der Waals surface area contributed by atoms with Gasteiger partial charge in [-0.05, 0) is 67.2 Å². The summed E-state index contributed by atoms with van der Waals surface area (Å²) in [6.07, 6.45) is 2.03. The highest BCUT2D eigenvalue weighted by molar-refractivity contribution is 5.78. The molecule has 2 aromatic rings. The van der Waals surface area contributed by atoms with Gasteiger partial charge in [0.25, 0.3) is 0 Å². The Labute approximate surface area is 171 Å². The first-order valence-corrected chi connectivity index (χ1v) is 9.93. The van der Waals surface area contributed by atoms with E-state index in [-0.39, 0.29) is 11.7 Å². The van der Waals surface area contributed by atoms with E-state index in [1.807, 2.05) is 6.92 Å². The molecule has 2 aromatic carbocycles. The fourth-order valence-corrected chi connectivity index (χ4v) is 5.11. The summed E-state index contributed by atoms with van der Waals surface area (Å²) >= 11 is 0. The Balaban J connectivity index is 1.93. The van der Waals surface area contributed by atoms with Crippen LogP contribution < -0.4 is 10.1 Å². The summed E-state index contributed by atoms with van der Waals surface area (Å²) in [6, 6.07) is 11.5. The van der Waals surface area contributed by atoms with E-state index < -0.39 is 11.1 Å². The van der Waals surface area contributed by atoms with Crippen molar-refractivity contribution in [3.8, 4) is 11.5 Å². The SMILES string of the molecule is C=C1CC2(CCc3ccc(C)cc31)Oc1ccc(O)cc1C2(NC(C)=O)C(=C)C. The number of benzene rings is 2. The van der Waals surface area contributed by atoms with Gasteiger partial charge in [0.2, 0.25) is 5.91 Å². The number of carbonyl (C=O) groups is 1. The van der Waals surface area contributed by atoms with Gasteiger partial charge in [0.05, 0.1) is 0 Å². The van der Waals surface area contributed by atoms with Crippen LogP contribution in [-0.2, 0) is 16.8 Å². The van der Waals surface area contributed by atoms with Crippen molar-refractivity contribution in [1.29, 1.82) is 0 Å². The molecule has 0 aromatic heterocycles. The summed E-state index contributed by atoms with van der Waals surface area (Å²) in [6.45, 7) is 14.1. The zero-order valence-corrected chi connectivity index (χ0v) is 17.3. The number of nitrogens with one attached hydrogen (secondary N) is 1. The molecule has 29 heavy (non-hydrogen) atoms. The number of hydrogen-bond donors (Lipinski definition) is 2. The van der Waals surface area contributed by atoms with E-state index in [0.717, 1.165) is 28.7 Å². The minimum absolute atomic E-state index is 0.131. The predicted octanol–water partition coefficient (Wildman–Crippen LogP) is 4.79. The van der Waals surface area contributed by atoms with Crippen LogP contribution in [0.15, 0.2) is 55.1 Å². The van der Waals surface area contributed by atoms with E-state index in [9.17, 15) is 9.90 Å². The molecule has 1 aliphatic heterocycles. The first-order chi connectivity index (χ1) is 13.7. The molecule has 2 N–H and O–H groups in total. The van der Waals surface area contributed by atoms with Crippen LogP contribution in [0.25, 0.3) is 5.57 Å². The van der Waals surface area contributed by atoms with Gasteiger partial charge < -0.3 is 15.2 Å². The van der Waals surface area contributed by atoms with E-state index in [0.29, 0.717) is 18.6 Å². The molecule has 2 unspecified atom stereocenters. The third-order valence-corrected chi connectivity index (χ3v) is 6.30. The number of carbonyl (C=O) groups excluding carboxylic acids is 1. The fourth-order valence-electron chi connectivity index (χ4n) is 5.11. The molecule has 4 rings (SSSR count).